The van der Waals surface area contributed by atoms with E-state index in [0.29, 0.717) is 12.1 Å². The van der Waals surface area contributed by atoms with Crippen LogP contribution in [0.3, 0.4) is 0 Å². The zero-order valence-corrected chi connectivity index (χ0v) is 11.6. The van der Waals surface area contributed by atoms with Crippen molar-refractivity contribution in [3.05, 3.63) is 0 Å². The first-order chi connectivity index (χ1) is 6.95. The molecule has 0 aliphatic carbocycles. The molecule has 0 saturated carbocycles. The van der Waals surface area contributed by atoms with Gasteiger partial charge < -0.3 is 4.89 Å². The van der Waals surface area contributed by atoms with Crippen molar-refractivity contribution in [2.24, 2.45) is 5.92 Å². The van der Waals surface area contributed by atoms with E-state index in [-0.39, 0.29) is 5.66 Å². The Morgan fingerprint density at radius 1 is 1.13 bits per heavy atom. The van der Waals surface area contributed by atoms with Crippen LogP contribution in [-0.4, -0.2) is 16.7 Å². The molecule has 0 bridgehead atoms. The topological polar surface area (TPSA) is 37.3 Å². The molecular formula is C12H27O2P. The van der Waals surface area contributed by atoms with Crippen LogP contribution >= 0.6 is 7.37 Å². The van der Waals surface area contributed by atoms with E-state index in [1.807, 2.05) is 0 Å². The summed E-state index contributed by atoms with van der Waals surface area (Å²) in [5.74, 6) is 0.323. The Morgan fingerprint density at radius 3 is 2.07 bits per heavy atom. The van der Waals surface area contributed by atoms with Crippen LogP contribution in [0.4, 0.5) is 0 Å². The first-order valence-corrected chi connectivity index (χ1v) is 8.18. The largest absolute Gasteiger partial charge is 0.344 e. The molecule has 3 heteroatoms. The van der Waals surface area contributed by atoms with Gasteiger partial charge in [-0.3, -0.25) is 4.57 Å². The molecule has 92 valence electrons. The van der Waals surface area contributed by atoms with Crippen LogP contribution in [0, 0.1) is 5.92 Å². The Bertz CT molecular complexity index is 202. The minimum absolute atomic E-state index is 0.0176. The fraction of sp³-hybridized carbons (Fsp3) is 1.00. The maximum atomic E-state index is 12.2. The molecule has 2 nitrogen and oxygen atoms in total. The predicted molar refractivity (Wildman–Crippen MR) is 67.8 cm³/mol. The van der Waals surface area contributed by atoms with E-state index in [1.54, 1.807) is 0 Å². The molecule has 0 aliphatic rings. The molecule has 1 N–H and O–H groups in total. The Kier molecular flexibility index (Phi) is 7.56. The lowest BCUT2D eigenvalue weighted by Gasteiger charge is -2.26. The van der Waals surface area contributed by atoms with Crippen molar-refractivity contribution in [1.29, 1.82) is 0 Å². The first kappa shape index (κ1) is 15.2. The second-order valence-corrected chi connectivity index (χ2v) is 7.41. The zero-order chi connectivity index (χ0) is 11.9. The molecule has 0 heterocycles. The Labute approximate surface area is 94.9 Å². The van der Waals surface area contributed by atoms with Crippen LogP contribution in [0.15, 0.2) is 0 Å². The van der Waals surface area contributed by atoms with Crippen molar-refractivity contribution in [2.75, 3.05) is 6.16 Å². The molecule has 2 atom stereocenters. The first-order valence-electron chi connectivity index (χ1n) is 6.27. The average Bonchev–Trinajstić information content (AvgIpc) is 2.14. The van der Waals surface area contributed by atoms with Crippen LogP contribution in [0.5, 0.6) is 0 Å². The van der Waals surface area contributed by atoms with Gasteiger partial charge in [0, 0.05) is 11.8 Å². The van der Waals surface area contributed by atoms with E-state index < -0.39 is 7.37 Å². The van der Waals surface area contributed by atoms with E-state index in [1.165, 1.54) is 0 Å². The summed E-state index contributed by atoms with van der Waals surface area (Å²) < 4.78 is 12.2. The molecule has 0 spiro atoms. The van der Waals surface area contributed by atoms with Gasteiger partial charge in [0.1, 0.15) is 0 Å². The molecule has 2 unspecified atom stereocenters. The lowest BCUT2D eigenvalue weighted by molar-refractivity contribution is 0.421. The quantitative estimate of drug-likeness (QED) is 0.637. The highest BCUT2D eigenvalue weighted by Crippen LogP contribution is 2.51. The summed E-state index contributed by atoms with van der Waals surface area (Å²) in [6, 6.07) is 0. The lowest BCUT2D eigenvalue weighted by Crippen LogP contribution is -2.17. The van der Waals surface area contributed by atoms with Crippen molar-refractivity contribution >= 4 is 7.37 Å². The van der Waals surface area contributed by atoms with Gasteiger partial charge >= 0.3 is 0 Å². The number of hydrogen-bond donors (Lipinski definition) is 1. The van der Waals surface area contributed by atoms with Crippen molar-refractivity contribution in [1.82, 2.24) is 0 Å². The second-order valence-electron chi connectivity index (χ2n) is 4.79. The van der Waals surface area contributed by atoms with Crippen molar-refractivity contribution in [3.63, 3.8) is 0 Å². The van der Waals surface area contributed by atoms with Crippen LogP contribution in [0.1, 0.15) is 59.8 Å². The minimum Gasteiger partial charge on any atom is -0.344 e. The standard InChI is InChI=1S/C12H27O2P/c1-5-7-9-12(11(3)4)15(13,14)10-8-6-2/h11-12H,5-10H2,1-4H3,(H,13,14). The van der Waals surface area contributed by atoms with Gasteiger partial charge in [0.05, 0.1) is 0 Å². The summed E-state index contributed by atoms with van der Waals surface area (Å²) in [7, 11) is -2.91. The maximum Gasteiger partial charge on any atom is 0.203 e. The molecule has 0 amide bonds. The third-order valence-electron chi connectivity index (χ3n) is 2.97. The predicted octanol–water partition coefficient (Wildman–Crippen LogP) is 4.27. The third kappa shape index (κ3) is 5.73. The van der Waals surface area contributed by atoms with Gasteiger partial charge in [0.25, 0.3) is 0 Å². The summed E-state index contributed by atoms with van der Waals surface area (Å²) >= 11 is 0. The van der Waals surface area contributed by atoms with Crippen LogP contribution < -0.4 is 0 Å². The van der Waals surface area contributed by atoms with E-state index >= 15 is 0 Å². The Hall–Kier alpha value is 0.190. The molecule has 0 fully saturated rings. The SMILES string of the molecule is CCCCC(C(C)C)P(=O)(O)CCCC. The lowest BCUT2D eigenvalue weighted by atomic mass is 10.1. The molecule has 0 aliphatic heterocycles. The second kappa shape index (κ2) is 7.46. The Balaban J connectivity index is 4.37. The molecule has 0 aromatic carbocycles. The monoisotopic (exact) mass is 234 g/mol. The molecule has 0 saturated heterocycles. The molecule has 0 rings (SSSR count). The molecule has 0 radical (unpaired) electrons. The average molecular weight is 234 g/mol. The summed E-state index contributed by atoms with van der Waals surface area (Å²) in [5, 5.41) is 0. The highest BCUT2D eigenvalue weighted by Gasteiger charge is 2.31. The number of rotatable bonds is 8. The zero-order valence-electron chi connectivity index (χ0n) is 10.7. The normalized spacial score (nSPS) is 17.7. The Morgan fingerprint density at radius 2 is 1.67 bits per heavy atom. The van der Waals surface area contributed by atoms with Crippen LogP contribution in [-0.2, 0) is 4.57 Å². The van der Waals surface area contributed by atoms with E-state index in [0.717, 1.165) is 32.1 Å². The highest BCUT2D eigenvalue weighted by atomic mass is 31.2. The third-order valence-corrected chi connectivity index (χ3v) is 5.82. The van der Waals surface area contributed by atoms with Crippen LogP contribution in [0.2, 0.25) is 0 Å². The smallest absolute Gasteiger partial charge is 0.203 e. The van der Waals surface area contributed by atoms with Crippen LogP contribution in [0.25, 0.3) is 0 Å². The highest BCUT2D eigenvalue weighted by molar-refractivity contribution is 7.58. The van der Waals surface area contributed by atoms with Crippen molar-refractivity contribution in [2.45, 2.75) is 65.5 Å². The van der Waals surface area contributed by atoms with Gasteiger partial charge in [-0.25, -0.2) is 0 Å². The van der Waals surface area contributed by atoms with E-state index in [4.69, 9.17) is 0 Å². The fourth-order valence-electron chi connectivity index (χ4n) is 1.96. The van der Waals surface area contributed by atoms with E-state index in [2.05, 4.69) is 27.7 Å². The van der Waals surface area contributed by atoms with E-state index in [9.17, 15) is 9.46 Å². The number of hydrogen-bond acceptors (Lipinski definition) is 1. The summed E-state index contributed by atoms with van der Waals surface area (Å²) in [6.07, 6.45) is 5.48. The van der Waals surface area contributed by atoms with Gasteiger partial charge in [-0.1, -0.05) is 47.0 Å². The van der Waals surface area contributed by atoms with Gasteiger partial charge in [0.15, 0.2) is 0 Å². The number of unbranched alkanes of at least 4 members (excludes halogenated alkanes) is 2. The molecule has 0 aromatic heterocycles. The van der Waals surface area contributed by atoms with Gasteiger partial charge in [-0.2, -0.15) is 0 Å². The summed E-state index contributed by atoms with van der Waals surface area (Å²) in [6.45, 7) is 8.33. The summed E-state index contributed by atoms with van der Waals surface area (Å²) in [5.41, 5.74) is 0.0176. The molecule has 0 aromatic rings. The molecule has 15 heavy (non-hydrogen) atoms. The van der Waals surface area contributed by atoms with Crippen molar-refractivity contribution in [3.8, 4) is 0 Å². The fourth-order valence-corrected chi connectivity index (χ4v) is 4.58. The van der Waals surface area contributed by atoms with Crippen molar-refractivity contribution < 1.29 is 9.46 Å². The van der Waals surface area contributed by atoms with Gasteiger partial charge in [-0.05, 0) is 18.8 Å². The minimum atomic E-state index is -2.91. The van der Waals surface area contributed by atoms with Gasteiger partial charge in [0.2, 0.25) is 7.37 Å². The maximum absolute atomic E-state index is 12.2. The van der Waals surface area contributed by atoms with Gasteiger partial charge in [-0.15, -0.1) is 0 Å². The summed E-state index contributed by atoms with van der Waals surface area (Å²) in [4.78, 5) is 10.1. The molecular weight excluding hydrogens is 207 g/mol.